The number of likely N-dealkylation sites (N-methyl/N-ethyl adjacent to an activating group) is 1. The molecule has 9 nitrogen and oxygen atoms in total. The molecular formula is C24H33N5O4. The molecule has 9 heteroatoms. The van der Waals surface area contributed by atoms with Crippen LogP contribution in [-0.4, -0.2) is 65.2 Å². The number of hydrogen-bond donors (Lipinski definition) is 2. The predicted molar refractivity (Wildman–Crippen MR) is 124 cm³/mol. The number of ether oxygens (including phenoxy) is 1. The third-order valence-electron chi connectivity index (χ3n) is 6.10. The SMILES string of the molecule is COc1ccccc1CCNC(=O)c1cc2n(n1)C[C@@](C)(C(=O)NCCC(C)C)N(C)C2=O. The van der Waals surface area contributed by atoms with Crippen LogP contribution >= 0.6 is 0 Å². The van der Waals surface area contributed by atoms with Gasteiger partial charge in [-0.1, -0.05) is 32.0 Å². The molecule has 0 unspecified atom stereocenters. The van der Waals surface area contributed by atoms with Crippen LogP contribution in [0, 0.1) is 5.92 Å². The highest BCUT2D eigenvalue weighted by Gasteiger charge is 2.46. The van der Waals surface area contributed by atoms with Crippen LogP contribution in [0.5, 0.6) is 5.75 Å². The van der Waals surface area contributed by atoms with Crippen LogP contribution < -0.4 is 15.4 Å². The maximum atomic E-state index is 13.0. The first-order valence-corrected chi connectivity index (χ1v) is 11.2. The monoisotopic (exact) mass is 455 g/mol. The molecule has 33 heavy (non-hydrogen) atoms. The summed E-state index contributed by atoms with van der Waals surface area (Å²) in [7, 11) is 3.22. The van der Waals surface area contributed by atoms with Gasteiger partial charge in [0.2, 0.25) is 5.91 Å². The lowest BCUT2D eigenvalue weighted by atomic mass is 9.95. The van der Waals surface area contributed by atoms with Crippen molar-refractivity contribution in [2.45, 2.75) is 45.7 Å². The quantitative estimate of drug-likeness (QED) is 0.601. The zero-order valence-corrected chi connectivity index (χ0v) is 20.0. The topological polar surface area (TPSA) is 106 Å². The van der Waals surface area contributed by atoms with Gasteiger partial charge in [-0.15, -0.1) is 0 Å². The Morgan fingerprint density at radius 1 is 1.21 bits per heavy atom. The average molecular weight is 456 g/mol. The van der Waals surface area contributed by atoms with Crippen molar-refractivity contribution in [2.24, 2.45) is 5.92 Å². The lowest BCUT2D eigenvalue weighted by Crippen LogP contribution is -2.62. The molecule has 1 aliphatic heterocycles. The molecule has 2 aromatic rings. The van der Waals surface area contributed by atoms with E-state index in [2.05, 4.69) is 29.6 Å². The van der Waals surface area contributed by atoms with E-state index in [0.29, 0.717) is 31.1 Å². The van der Waals surface area contributed by atoms with E-state index in [1.54, 1.807) is 21.1 Å². The normalized spacial score (nSPS) is 17.6. The Morgan fingerprint density at radius 2 is 1.94 bits per heavy atom. The number of para-hydroxylation sites is 1. The first-order chi connectivity index (χ1) is 15.7. The van der Waals surface area contributed by atoms with Gasteiger partial charge in [0.25, 0.3) is 11.8 Å². The molecule has 1 aromatic carbocycles. The molecule has 1 aliphatic rings. The zero-order chi connectivity index (χ0) is 24.2. The molecule has 0 saturated heterocycles. The molecule has 178 valence electrons. The number of carbonyl (C=O) groups is 3. The van der Waals surface area contributed by atoms with Crippen molar-refractivity contribution in [3.8, 4) is 5.75 Å². The van der Waals surface area contributed by atoms with Gasteiger partial charge in [-0.25, -0.2) is 0 Å². The van der Waals surface area contributed by atoms with Gasteiger partial charge in [0.05, 0.1) is 13.7 Å². The van der Waals surface area contributed by atoms with Crippen molar-refractivity contribution < 1.29 is 19.1 Å². The number of nitrogens with zero attached hydrogens (tertiary/aromatic N) is 3. The van der Waals surface area contributed by atoms with Gasteiger partial charge in [0, 0.05) is 26.2 Å². The fourth-order valence-corrected chi connectivity index (χ4v) is 3.81. The maximum Gasteiger partial charge on any atom is 0.272 e. The van der Waals surface area contributed by atoms with Gasteiger partial charge in [0.1, 0.15) is 17.0 Å². The minimum absolute atomic E-state index is 0.149. The van der Waals surface area contributed by atoms with Crippen LogP contribution in [0.25, 0.3) is 0 Å². The van der Waals surface area contributed by atoms with E-state index < -0.39 is 5.54 Å². The van der Waals surface area contributed by atoms with Gasteiger partial charge in [-0.2, -0.15) is 5.10 Å². The Bertz CT molecular complexity index is 1030. The molecule has 0 spiro atoms. The van der Waals surface area contributed by atoms with Crippen LogP contribution in [0.15, 0.2) is 30.3 Å². The van der Waals surface area contributed by atoms with Crippen molar-refractivity contribution in [1.82, 2.24) is 25.3 Å². The van der Waals surface area contributed by atoms with E-state index in [0.717, 1.165) is 17.7 Å². The highest BCUT2D eigenvalue weighted by Crippen LogP contribution is 2.26. The fraction of sp³-hybridized carbons (Fsp3) is 0.500. The van der Waals surface area contributed by atoms with E-state index in [1.807, 2.05) is 24.3 Å². The minimum atomic E-state index is -1.09. The van der Waals surface area contributed by atoms with Crippen LogP contribution in [0.3, 0.4) is 0 Å². The van der Waals surface area contributed by atoms with E-state index in [-0.39, 0.29) is 30.0 Å². The third-order valence-corrected chi connectivity index (χ3v) is 6.10. The Labute approximate surface area is 194 Å². The molecule has 1 aromatic heterocycles. The van der Waals surface area contributed by atoms with Gasteiger partial charge in [0.15, 0.2) is 5.69 Å². The Hall–Kier alpha value is -3.36. The van der Waals surface area contributed by atoms with Crippen molar-refractivity contribution in [3.05, 3.63) is 47.3 Å². The molecule has 2 N–H and O–H groups in total. The number of nitrogens with one attached hydrogen (secondary N) is 2. The van der Waals surface area contributed by atoms with Gasteiger partial charge < -0.3 is 20.3 Å². The molecule has 3 rings (SSSR count). The van der Waals surface area contributed by atoms with E-state index in [4.69, 9.17) is 4.74 Å². The number of fused-ring (bicyclic) bond motifs is 1. The van der Waals surface area contributed by atoms with Crippen LogP contribution in [0.4, 0.5) is 0 Å². The van der Waals surface area contributed by atoms with Crippen LogP contribution in [-0.2, 0) is 17.8 Å². The molecule has 0 aliphatic carbocycles. The van der Waals surface area contributed by atoms with Crippen molar-refractivity contribution in [3.63, 3.8) is 0 Å². The summed E-state index contributed by atoms with van der Waals surface area (Å²) < 4.78 is 6.79. The summed E-state index contributed by atoms with van der Waals surface area (Å²) in [5.74, 6) is 0.283. The lowest BCUT2D eigenvalue weighted by Gasteiger charge is -2.40. The molecule has 2 heterocycles. The van der Waals surface area contributed by atoms with Crippen LogP contribution in [0.1, 0.15) is 53.7 Å². The van der Waals surface area contributed by atoms with E-state index >= 15 is 0 Å². The van der Waals surface area contributed by atoms with Crippen molar-refractivity contribution in [1.29, 1.82) is 0 Å². The molecule has 0 fully saturated rings. The first-order valence-electron chi connectivity index (χ1n) is 11.2. The largest absolute Gasteiger partial charge is 0.496 e. The van der Waals surface area contributed by atoms with Crippen molar-refractivity contribution >= 4 is 17.7 Å². The van der Waals surface area contributed by atoms with Crippen LogP contribution in [0.2, 0.25) is 0 Å². The lowest BCUT2D eigenvalue weighted by molar-refractivity contribution is -0.132. The summed E-state index contributed by atoms with van der Waals surface area (Å²) in [6.45, 7) is 7.00. The summed E-state index contributed by atoms with van der Waals surface area (Å²) in [5.41, 5.74) is 0.335. The van der Waals surface area contributed by atoms with E-state index in [9.17, 15) is 14.4 Å². The third kappa shape index (κ3) is 5.18. The second-order valence-corrected chi connectivity index (χ2v) is 8.97. The number of methoxy groups -OCH3 is 1. The van der Waals surface area contributed by atoms with E-state index in [1.165, 1.54) is 15.6 Å². The number of rotatable bonds is 9. The number of benzene rings is 1. The second kappa shape index (κ2) is 10.1. The molecular weight excluding hydrogens is 422 g/mol. The van der Waals surface area contributed by atoms with Crippen molar-refractivity contribution in [2.75, 3.05) is 27.2 Å². The molecule has 3 amide bonds. The Balaban J connectivity index is 1.67. The number of aromatic nitrogens is 2. The molecule has 1 atom stereocenters. The molecule has 0 radical (unpaired) electrons. The second-order valence-electron chi connectivity index (χ2n) is 8.97. The molecule has 0 saturated carbocycles. The summed E-state index contributed by atoms with van der Waals surface area (Å²) in [6, 6.07) is 9.11. The minimum Gasteiger partial charge on any atom is -0.496 e. The van der Waals surface area contributed by atoms with Gasteiger partial charge >= 0.3 is 0 Å². The average Bonchev–Trinajstić information content (AvgIpc) is 3.21. The number of hydrogen-bond acceptors (Lipinski definition) is 5. The summed E-state index contributed by atoms with van der Waals surface area (Å²) >= 11 is 0. The first kappa shape index (κ1) is 24.3. The Kier molecular flexibility index (Phi) is 7.40. The predicted octanol–water partition coefficient (Wildman–Crippen LogP) is 1.87. The summed E-state index contributed by atoms with van der Waals surface area (Å²) in [5, 5.41) is 10.1. The summed E-state index contributed by atoms with van der Waals surface area (Å²) in [6.07, 6.45) is 1.45. The Morgan fingerprint density at radius 3 is 2.64 bits per heavy atom. The highest BCUT2D eigenvalue weighted by atomic mass is 16.5. The highest BCUT2D eigenvalue weighted by molar-refractivity contribution is 6.01. The zero-order valence-electron chi connectivity index (χ0n) is 20.0. The smallest absolute Gasteiger partial charge is 0.272 e. The fourth-order valence-electron chi connectivity index (χ4n) is 3.81. The summed E-state index contributed by atoms with van der Waals surface area (Å²) in [4.78, 5) is 40.0. The maximum absolute atomic E-state index is 13.0. The van der Waals surface area contributed by atoms with Gasteiger partial charge in [-0.3, -0.25) is 19.1 Å². The number of carbonyl (C=O) groups excluding carboxylic acids is 3. The number of amides is 3. The van der Waals surface area contributed by atoms with Gasteiger partial charge in [-0.05, 0) is 37.3 Å². The molecule has 0 bridgehead atoms. The standard InChI is InChI=1S/C24H33N5O4/c1-16(2)10-12-26-23(32)24(3)15-29-19(22(31)28(24)4)14-18(27-29)21(30)25-13-11-17-8-6-7-9-20(17)33-5/h6-9,14,16H,10-13,15H2,1-5H3,(H,25,30)(H,26,32)/t24-/m0/s1.